The Balaban J connectivity index is 1.93. The Morgan fingerprint density at radius 2 is 2.08 bits per heavy atom. The van der Waals surface area contributed by atoms with Crippen molar-refractivity contribution in [2.24, 2.45) is 0 Å². The SMILES string of the molecule is O=[N+]([O-])c1ccc(OC(F)F)c(/C=C2/CCC=C2N2CCOCC2)c1. The molecule has 3 rings (SSSR count). The van der Waals surface area contributed by atoms with Gasteiger partial charge in [-0.25, -0.2) is 0 Å². The minimum Gasteiger partial charge on any atom is -0.434 e. The van der Waals surface area contributed by atoms with Gasteiger partial charge < -0.3 is 14.4 Å². The van der Waals surface area contributed by atoms with E-state index in [0.29, 0.717) is 13.2 Å². The van der Waals surface area contributed by atoms with E-state index in [0.717, 1.165) is 43.3 Å². The summed E-state index contributed by atoms with van der Waals surface area (Å²) in [6.45, 7) is -0.184. The number of ether oxygens (including phenoxy) is 2. The molecule has 0 saturated carbocycles. The summed E-state index contributed by atoms with van der Waals surface area (Å²) in [5.74, 6) is -0.0682. The number of halogens is 2. The van der Waals surface area contributed by atoms with Crippen LogP contribution in [0.4, 0.5) is 14.5 Å². The molecule has 1 aromatic carbocycles. The molecule has 1 aliphatic heterocycles. The van der Waals surface area contributed by atoms with E-state index in [9.17, 15) is 18.9 Å². The highest BCUT2D eigenvalue weighted by molar-refractivity contribution is 5.66. The molecule has 0 spiro atoms. The molecule has 1 saturated heterocycles. The molecule has 1 fully saturated rings. The highest BCUT2D eigenvalue weighted by Gasteiger charge is 2.22. The van der Waals surface area contributed by atoms with Gasteiger partial charge in [-0.3, -0.25) is 10.1 Å². The number of nitro groups is 1. The first-order valence-corrected chi connectivity index (χ1v) is 8.01. The number of hydrogen-bond donors (Lipinski definition) is 0. The van der Waals surface area contributed by atoms with Gasteiger partial charge >= 0.3 is 6.61 Å². The first-order chi connectivity index (χ1) is 12.0. The number of rotatable bonds is 5. The topological polar surface area (TPSA) is 64.8 Å². The monoisotopic (exact) mass is 352 g/mol. The number of benzene rings is 1. The van der Waals surface area contributed by atoms with Gasteiger partial charge in [0.15, 0.2) is 0 Å². The van der Waals surface area contributed by atoms with Crippen LogP contribution in [-0.4, -0.2) is 42.7 Å². The van der Waals surface area contributed by atoms with Crippen LogP contribution in [0, 0.1) is 10.1 Å². The number of alkyl halides is 2. The Labute approximate surface area is 143 Å². The second kappa shape index (κ2) is 7.60. The molecular weight excluding hydrogens is 334 g/mol. The van der Waals surface area contributed by atoms with Gasteiger partial charge in [-0.2, -0.15) is 8.78 Å². The Kier molecular flexibility index (Phi) is 5.28. The highest BCUT2D eigenvalue weighted by atomic mass is 19.3. The van der Waals surface area contributed by atoms with Crippen LogP contribution >= 0.6 is 0 Å². The molecule has 0 bridgehead atoms. The molecule has 6 nitrogen and oxygen atoms in total. The predicted molar refractivity (Wildman–Crippen MR) is 87.4 cm³/mol. The summed E-state index contributed by atoms with van der Waals surface area (Å²) in [4.78, 5) is 12.6. The maximum Gasteiger partial charge on any atom is 0.387 e. The summed E-state index contributed by atoms with van der Waals surface area (Å²) >= 11 is 0. The van der Waals surface area contributed by atoms with E-state index in [1.54, 1.807) is 6.08 Å². The van der Waals surface area contributed by atoms with Crippen LogP contribution in [0.2, 0.25) is 0 Å². The van der Waals surface area contributed by atoms with Crippen molar-refractivity contribution < 1.29 is 23.2 Å². The Morgan fingerprint density at radius 1 is 1.32 bits per heavy atom. The quantitative estimate of drug-likeness (QED) is 0.598. The molecular formula is C17H18F2N2O4. The maximum atomic E-state index is 12.6. The number of non-ortho nitro benzene ring substituents is 1. The van der Waals surface area contributed by atoms with Crippen molar-refractivity contribution in [3.63, 3.8) is 0 Å². The van der Waals surface area contributed by atoms with E-state index < -0.39 is 11.5 Å². The minimum atomic E-state index is -2.99. The zero-order valence-corrected chi connectivity index (χ0v) is 13.5. The molecule has 8 heteroatoms. The van der Waals surface area contributed by atoms with Crippen LogP contribution < -0.4 is 4.74 Å². The molecule has 1 aliphatic carbocycles. The van der Waals surface area contributed by atoms with Gasteiger partial charge in [0, 0.05) is 36.5 Å². The van der Waals surface area contributed by atoms with E-state index in [1.165, 1.54) is 12.1 Å². The van der Waals surface area contributed by atoms with Crippen molar-refractivity contribution in [1.29, 1.82) is 0 Å². The average Bonchev–Trinajstić information content (AvgIpc) is 3.05. The number of morpholine rings is 1. The molecule has 1 heterocycles. The Morgan fingerprint density at radius 3 is 2.76 bits per heavy atom. The third-order valence-electron chi connectivity index (χ3n) is 4.18. The van der Waals surface area contributed by atoms with Crippen molar-refractivity contribution in [1.82, 2.24) is 4.90 Å². The molecule has 1 aromatic rings. The zero-order chi connectivity index (χ0) is 17.8. The normalized spacial score (nSPS) is 19.4. The summed E-state index contributed by atoms with van der Waals surface area (Å²) < 4.78 is 35.1. The van der Waals surface area contributed by atoms with Gasteiger partial charge in [0.05, 0.1) is 18.1 Å². The van der Waals surface area contributed by atoms with E-state index >= 15 is 0 Å². The van der Waals surface area contributed by atoms with Crippen molar-refractivity contribution in [2.75, 3.05) is 26.3 Å². The zero-order valence-electron chi connectivity index (χ0n) is 13.5. The fourth-order valence-corrected chi connectivity index (χ4v) is 3.06. The Bertz CT molecular complexity index is 713. The van der Waals surface area contributed by atoms with Gasteiger partial charge in [0.25, 0.3) is 5.69 Å². The summed E-state index contributed by atoms with van der Waals surface area (Å²) in [6, 6.07) is 3.64. The fraction of sp³-hybridized carbons (Fsp3) is 0.412. The maximum absolute atomic E-state index is 12.6. The lowest BCUT2D eigenvalue weighted by molar-refractivity contribution is -0.384. The molecule has 0 amide bonds. The van der Waals surface area contributed by atoms with Crippen LogP contribution in [0.15, 0.2) is 35.5 Å². The second-order valence-corrected chi connectivity index (χ2v) is 5.75. The molecule has 0 radical (unpaired) electrons. The lowest BCUT2D eigenvalue weighted by Crippen LogP contribution is -2.35. The van der Waals surface area contributed by atoms with Gasteiger partial charge in [0.1, 0.15) is 5.75 Å². The van der Waals surface area contributed by atoms with Crippen LogP contribution in [0.3, 0.4) is 0 Å². The third-order valence-corrected chi connectivity index (χ3v) is 4.18. The molecule has 0 unspecified atom stereocenters. The lowest BCUT2D eigenvalue weighted by atomic mass is 10.1. The molecule has 134 valence electrons. The largest absolute Gasteiger partial charge is 0.434 e. The van der Waals surface area contributed by atoms with E-state index in [4.69, 9.17) is 4.74 Å². The molecule has 25 heavy (non-hydrogen) atoms. The van der Waals surface area contributed by atoms with E-state index in [2.05, 4.69) is 15.7 Å². The number of allylic oxidation sites excluding steroid dienone is 2. The first-order valence-electron chi connectivity index (χ1n) is 8.01. The molecule has 0 aromatic heterocycles. The summed E-state index contributed by atoms with van der Waals surface area (Å²) in [5.41, 5.74) is 2.12. The number of nitrogens with zero attached hydrogens (tertiary/aromatic N) is 2. The smallest absolute Gasteiger partial charge is 0.387 e. The van der Waals surface area contributed by atoms with Gasteiger partial charge in [-0.15, -0.1) is 0 Å². The van der Waals surface area contributed by atoms with E-state index in [-0.39, 0.29) is 17.0 Å². The van der Waals surface area contributed by atoms with Crippen LogP contribution in [0.25, 0.3) is 6.08 Å². The van der Waals surface area contributed by atoms with Crippen molar-refractivity contribution in [3.05, 3.63) is 51.2 Å². The van der Waals surface area contributed by atoms with Gasteiger partial charge in [-0.1, -0.05) is 6.08 Å². The molecule has 0 N–H and O–H groups in total. The lowest BCUT2D eigenvalue weighted by Gasteiger charge is -2.30. The van der Waals surface area contributed by atoms with Crippen LogP contribution in [0.1, 0.15) is 18.4 Å². The highest BCUT2D eigenvalue weighted by Crippen LogP contribution is 2.34. The summed E-state index contributed by atoms with van der Waals surface area (Å²) in [7, 11) is 0. The Hall–Kier alpha value is -2.48. The summed E-state index contributed by atoms with van der Waals surface area (Å²) in [5, 5.41) is 11.0. The van der Waals surface area contributed by atoms with Gasteiger partial charge in [0.2, 0.25) is 0 Å². The fourth-order valence-electron chi connectivity index (χ4n) is 3.06. The summed E-state index contributed by atoms with van der Waals surface area (Å²) in [6.07, 6.45) is 5.41. The minimum absolute atomic E-state index is 0.0682. The van der Waals surface area contributed by atoms with Crippen molar-refractivity contribution >= 4 is 11.8 Å². The number of hydrogen-bond acceptors (Lipinski definition) is 5. The first kappa shape index (κ1) is 17.3. The molecule has 0 atom stereocenters. The van der Waals surface area contributed by atoms with Crippen LogP contribution in [0.5, 0.6) is 5.75 Å². The third kappa shape index (κ3) is 4.14. The second-order valence-electron chi connectivity index (χ2n) is 5.75. The van der Waals surface area contributed by atoms with E-state index in [1.807, 2.05) is 0 Å². The van der Waals surface area contributed by atoms with Crippen LogP contribution in [-0.2, 0) is 4.74 Å². The van der Waals surface area contributed by atoms with Crippen molar-refractivity contribution in [3.8, 4) is 5.75 Å². The molecule has 2 aliphatic rings. The van der Waals surface area contributed by atoms with Crippen molar-refractivity contribution in [2.45, 2.75) is 19.5 Å². The average molecular weight is 352 g/mol. The van der Waals surface area contributed by atoms with Gasteiger partial charge in [-0.05, 0) is 30.6 Å². The predicted octanol–water partition coefficient (Wildman–Crippen LogP) is 3.59. The standard InChI is InChI=1S/C17H18F2N2O4/c18-17(19)25-16-5-4-14(21(22)23)11-13(16)10-12-2-1-3-15(12)20-6-8-24-9-7-20/h3-5,10-11,17H,1-2,6-9H2/b12-10-. The number of nitro benzene ring substituents is 1.